The molecule has 0 bridgehead atoms. The van der Waals surface area contributed by atoms with E-state index in [9.17, 15) is 0 Å². The standard InChI is InChI=1S/C12H22O3/c1-4-9-8-10(11(5-2)15-9)12(3)13-6-7-14-12/h9-11H,4-8H2,1-3H3. The van der Waals surface area contributed by atoms with Crippen molar-refractivity contribution in [2.45, 2.75) is 58.0 Å². The summed E-state index contributed by atoms with van der Waals surface area (Å²) in [4.78, 5) is 0. The zero-order valence-corrected chi connectivity index (χ0v) is 9.99. The fraction of sp³-hybridized carbons (Fsp3) is 1.00. The predicted octanol–water partition coefficient (Wildman–Crippen LogP) is 2.34. The predicted molar refractivity (Wildman–Crippen MR) is 57.7 cm³/mol. The van der Waals surface area contributed by atoms with Crippen molar-refractivity contribution in [2.24, 2.45) is 5.92 Å². The molecular formula is C12H22O3. The average molecular weight is 214 g/mol. The number of ether oxygens (including phenoxy) is 3. The first-order valence-corrected chi connectivity index (χ1v) is 6.13. The third kappa shape index (κ3) is 2.05. The summed E-state index contributed by atoms with van der Waals surface area (Å²) in [6.07, 6.45) is 3.90. The van der Waals surface area contributed by atoms with E-state index in [1.54, 1.807) is 0 Å². The van der Waals surface area contributed by atoms with Crippen LogP contribution in [-0.4, -0.2) is 31.2 Å². The molecule has 3 atom stereocenters. The monoisotopic (exact) mass is 214 g/mol. The van der Waals surface area contributed by atoms with Gasteiger partial charge in [0.1, 0.15) is 0 Å². The van der Waals surface area contributed by atoms with Crippen LogP contribution >= 0.6 is 0 Å². The molecule has 0 radical (unpaired) electrons. The maximum atomic E-state index is 5.99. The lowest BCUT2D eigenvalue weighted by Crippen LogP contribution is -2.40. The molecule has 2 fully saturated rings. The van der Waals surface area contributed by atoms with E-state index in [1.807, 2.05) is 0 Å². The Balaban J connectivity index is 2.06. The summed E-state index contributed by atoms with van der Waals surface area (Å²) < 4.78 is 17.5. The van der Waals surface area contributed by atoms with Gasteiger partial charge in [-0.1, -0.05) is 13.8 Å². The summed E-state index contributed by atoms with van der Waals surface area (Å²) in [7, 11) is 0. The van der Waals surface area contributed by atoms with E-state index in [0.29, 0.717) is 18.1 Å². The van der Waals surface area contributed by atoms with Crippen molar-refractivity contribution in [3.05, 3.63) is 0 Å². The van der Waals surface area contributed by atoms with Crippen LogP contribution < -0.4 is 0 Å². The lowest BCUT2D eigenvalue weighted by atomic mass is 9.89. The zero-order valence-electron chi connectivity index (χ0n) is 9.99. The fourth-order valence-corrected chi connectivity index (χ4v) is 2.77. The zero-order chi connectivity index (χ0) is 10.9. The van der Waals surface area contributed by atoms with E-state index in [0.717, 1.165) is 32.5 Å². The molecule has 0 amide bonds. The summed E-state index contributed by atoms with van der Waals surface area (Å²) >= 11 is 0. The van der Waals surface area contributed by atoms with Gasteiger partial charge in [-0.2, -0.15) is 0 Å². The van der Waals surface area contributed by atoms with E-state index >= 15 is 0 Å². The minimum atomic E-state index is -0.398. The first-order chi connectivity index (χ1) is 7.19. The molecule has 3 unspecified atom stereocenters. The van der Waals surface area contributed by atoms with E-state index in [2.05, 4.69) is 20.8 Å². The van der Waals surface area contributed by atoms with E-state index in [4.69, 9.17) is 14.2 Å². The summed E-state index contributed by atoms with van der Waals surface area (Å²) in [6.45, 7) is 7.86. The fourth-order valence-electron chi connectivity index (χ4n) is 2.77. The van der Waals surface area contributed by atoms with Gasteiger partial charge in [0.05, 0.1) is 25.4 Å². The Morgan fingerprint density at radius 3 is 2.33 bits per heavy atom. The highest BCUT2D eigenvalue weighted by Crippen LogP contribution is 2.41. The number of hydrogen-bond acceptors (Lipinski definition) is 3. The largest absolute Gasteiger partial charge is 0.374 e. The van der Waals surface area contributed by atoms with E-state index in [-0.39, 0.29) is 0 Å². The van der Waals surface area contributed by atoms with Gasteiger partial charge in [0, 0.05) is 5.92 Å². The average Bonchev–Trinajstić information content (AvgIpc) is 2.84. The van der Waals surface area contributed by atoms with Gasteiger partial charge in [-0.15, -0.1) is 0 Å². The Hall–Kier alpha value is -0.120. The van der Waals surface area contributed by atoms with Crippen molar-refractivity contribution in [3.63, 3.8) is 0 Å². The van der Waals surface area contributed by atoms with Crippen LogP contribution in [-0.2, 0) is 14.2 Å². The van der Waals surface area contributed by atoms with Crippen molar-refractivity contribution < 1.29 is 14.2 Å². The van der Waals surface area contributed by atoms with Crippen molar-refractivity contribution in [1.29, 1.82) is 0 Å². The van der Waals surface area contributed by atoms with Crippen LogP contribution in [0, 0.1) is 5.92 Å². The van der Waals surface area contributed by atoms with Gasteiger partial charge in [-0.25, -0.2) is 0 Å². The molecule has 2 aliphatic rings. The van der Waals surface area contributed by atoms with Crippen molar-refractivity contribution in [3.8, 4) is 0 Å². The molecule has 2 rings (SSSR count). The number of rotatable bonds is 3. The maximum Gasteiger partial charge on any atom is 0.171 e. The summed E-state index contributed by atoms with van der Waals surface area (Å²) in [6, 6.07) is 0. The molecule has 0 spiro atoms. The van der Waals surface area contributed by atoms with Crippen LogP contribution in [0.3, 0.4) is 0 Å². The molecule has 3 heteroatoms. The normalized spacial score (nSPS) is 39.8. The molecule has 0 aromatic carbocycles. The van der Waals surface area contributed by atoms with Crippen molar-refractivity contribution in [1.82, 2.24) is 0 Å². The lowest BCUT2D eigenvalue weighted by molar-refractivity contribution is -0.192. The Kier molecular flexibility index (Phi) is 3.33. The maximum absolute atomic E-state index is 5.99. The van der Waals surface area contributed by atoms with Gasteiger partial charge >= 0.3 is 0 Å². The molecular weight excluding hydrogens is 192 g/mol. The molecule has 0 N–H and O–H groups in total. The highest BCUT2D eigenvalue weighted by atomic mass is 16.7. The second-order valence-corrected chi connectivity index (χ2v) is 4.67. The van der Waals surface area contributed by atoms with Crippen molar-refractivity contribution in [2.75, 3.05) is 13.2 Å². The van der Waals surface area contributed by atoms with E-state index < -0.39 is 5.79 Å². The summed E-state index contributed by atoms with van der Waals surface area (Å²) in [5.74, 6) is -0.000116. The molecule has 2 saturated heterocycles. The third-order valence-electron chi connectivity index (χ3n) is 3.72. The topological polar surface area (TPSA) is 27.7 Å². The van der Waals surface area contributed by atoms with Crippen molar-refractivity contribution >= 4 is 0 Å². The van der Waals surface area contributed by atoms with Crippen LogP contribution in [0.2, 0.25) is 0 Å². The molecule has 2 aliphatic heterocycles. The van der Waals surface area contributed by atoms with Crippen LogP contribution in [0.25, 0.3) is 0 Å². The second kappa shape index (κ2) is 4.40. The van der Waals surface area contributed by atoms with Gasteiger partial charge < -0.3 is 14.2 Å². The first kappa shape index (κ1) is 11.4. The Morgan fingerprint density at radius 2 is 1.80 bits per heavy atom. The number of hydrogen-bond donors (Lipinski definition) is 0. The molecule has 0 aromatic rings. The van der Waals surface area contributed by atoms with Gasteiger partial charge in [0.15, 0.2) is 5.79 Å². The lowest BCUT2D eigenvalue weighted by Gasteiger charge is -2.31. The summed E-state index contributed by atoms with van der Waals surface area (Å²) in [5, 5.41) is 0. The first-order valence-electron chi connectivity index (χ1n) is 6.13. The Morgan fingerprint density at radius 1 is 1.13 bits per heavy atom. The molecule has 88 valence electrons. The van der Waals surface area contributed by atoms with Crippen LogP contribution in [0.1, 0.15) is 40.0 Å². The molecule has 0 aromatic heterocycles. The summed E-state index contributed by atoms with van der Waals surface area (Å²) in [5.41, 5.74) is 0. The second-order valence-electron chi connectivity index (χ2n) is 4.67. The van der Waals surface area contributed by atoms with Gasteiger partial charge in [0.2, 0.25) is 0 Å². The van der Waals surface area contributed by atoms with Crippen LogP contribution in [0.4, 0.5) is 0 Å². The van der Waals surface area contributed by atoms with Gasteiger partial charge in [-0.3, -0.25) is 0 Å². The smallest absolute Gasteiger partial charge is 0.171 e. The highest BCUT2D eigenvalue weighted by Gasteiger charge is 2.48. The quantitative estimate of drug-likeness (QED) is 0.721. The van der Waals surface area contributed by atoms with Crippen LogP contribution in [0.15, 0.2) is 0 Å². The molecule has 15 heavy (non-hydrogen) atoms. The SMILES string of the molecule is CCC1CC(C2(C)OCCO2)C(CC)O1. The molecule has 2 heterocycles. The molecule has 0 aliphatic carbocycles. The minimum Gasteiger partial charge on any atom is -0.374 e. The molecule has 3 nitrogen and oxygen atoms in total. The molecule has 0 saturated carbocycles. The van der Waals surface area contributed by atoms with Gasteiger partial charge in [0.25, 0.3) is 0 Å². The van der Waals surface area contributed by atoms with Gasteiger partial charge in [-0.05, 0) is 26.2 Å². The minimum absolute atomic E-state index is 0.304. The Bertz CT molecular complexity index is 211. The third-order valence-corrected chi connectivity index (χ3v) is 3.72. The van der Waals surface area contributed by atoms with Crippen LogP contribution in [0.5, 0.6) is 0 Å². The Labute approximate surface area is 92.1 Å². The van der Waals surface area contributed by atoms with E-state index in [1.165, 1.54) is 0 Å². The highest BCUT2D eigenvalue weighted by molar-refractivity contribution is 4.90.